The molecule has 2 rings (SSSR count). The summed E-state index contributed by atoms with van der Waals surface area (Å²) in [6.07, 6.45) is 2.23. The molecule has 0 saturated carbocycles. The van der Waals surface area contributed by atoms with E-state index in [9.17, 15) is 9.59 Å². The summed E-state index contributed by atoms with van der Waals surface area (Å²) in [4.78, 5) is 27.0. The predicted octanol–water partition coefficient (Wildman–Crippen LogP) is 3.13. The van der Waals surface area contributed by atoms with Gasteiger partial charge in [-0.25, -0.2) is 0 Å². The van der Waals surface area contributed by atoms with Crippen LogP contribution in [-0.2, 0) is 11.2 Å². The highest BCUT2D eigenvalue weighted by Crippen LogP contribution is 2.10. The second-order valence-corrected chi connectivity index (χ2v) is 6.33. The van der Waals surface area contributed by atoms with Crippen molar-refractivity contribution >= 4 is 11.8 Å². The topological polar surface area (TPSA) is 62.6 Å². The van der Waals surface area contributed by atoms with Gasteiger partial charge in [0.05, 0.1) is 6.26 Å². The molecule has 5 nitrogen and oxygen atoms in total. The summed E-state index contributed by atoms with van der Waals surface area (Å²) < 4.78 is 5.11. The largest absolute Gasteiger partial charge is 0.459 e. The van der Waals surface area contributed by atoms with Crippen LogP contribution in [0.4, 0.5) is 0 Å². The molecule has 2 aromatic rings. The molecule has 0 aliphatic carbocycles. The van der Waals surface area contributed by atoms with Crippen molar-refractivity contribution in [2.45, 2.75) is 33.2 Å². The Balaban J connectivity index is 2.02. The molecule has 0 aliphatic rings. The van der Waals surface area contributed by atoms with Crippen LogP contribution in [0.5, 0.6) is 0 Å². The van der Waals surface area contributed by atoms with Crippen LogP contribution in [0, 0.1) is 5.92 Å². The quantitative estimate of drug-likeness (QED) is 0.802. The number of rotatable bonds is 8. The van der Waals surface area contributed by atoms with Gasteiger partial charge in [0.2, 0.25) is 5.91 Å². The molecule has 134 valence electrons. The first-order valence-corrected chi connectivity index (χ1v) is 8.70. The number of furan rings is 1. The van der Waals surface area contributed by atoms with Crippen molar-refractivity contribution in [1.29, 1.82) is 0 Å². The van der Waals surface area contributed by atoms with Crippen molar-refractivity contribution in [2.24, 2.45) is 5.92 Å². The second-order valence-electron chi connectivity index (χ2n) is 6.33. The minimum atomic E-state index is -0.576. The zero-order valence-electron chi connectivity index (χ0n) is 15.1. The Bertz CT molecular complexity index is 666. The highest BCUT2D eigenvalue weighted by Gasteiger charge is 2.28. The van der Waals surface area contributed by atoms with E-state index in [2.05, 4.69) is 17.4 Å². The summed E-state index contributed by atoms with van der Waals surface area (Å²) in [6.45, 7) is 7.03. The maximum atomic E-state index is 12.9. The van der Waals surface area contributed by atoms with Crippen LogP contribution >= 0.6 is 0 Å². The lowest BCUT2D eigenvalue weighted by Gasteiger charge is -2.29. The molecule has 0 aliphatic heterocycles. The molecule has 0 saturated heterocycles. The number of carbonyl (C=O) groups is 2. The number of hydrogen-bond donors (Lipinski definition) is 1. The van der Waals surface area contributed by atoms with Gasteiger partial charge in [0.1, 0.15) is 6.04 Å². The van der Waals surface area contributed by atoms with Crippen LogP contribution in [0.3, 0.4) is 0 Å². The smallest absolute Gasteiger partial charge is 0.287 e. The summed E-state index contributed by atoms with van der Waals surface area (Å²) in [5.74, 6) is -0.229. The van der Waals surface area contributed by atoms with E-state index in [1.54, 1.807) is 17.0 Å². The Kier molecular flexibility index (Phi) is 6.81. The molecule has 1 atom stereocenters. The van der Waals surface area contributed by atoms with Gasteiger partial charge < -0.3 is 14.6 Å². The van der Waals surface area contributed by atoms with E-state index in [1.165, 1.54) is 11.8 Å². The number of carbonyl (C=O) groups excluding carboxylic acids is 2. The maximum Gasteiger partial charge on any atom is 0.287 e. The molecule has 5 heteroatoms. The molecule has 1 unspecified atom stereocenters. The molecule has 0 bridgehead atoms. The Morgan fingerprint density at radius 1 is 1.12 bits per heavy atom. The minimum Gasteiger partial charge on any atom is -0.459 e. The van der Waals surface area contributed by atoms with Crippen molar-refractivity contribution in [3.05, 3.63) is 60.1 Å². The summed E-state index contributed by atoms with van der Waals surface area (Å²) in [7, 11) is 0. The maximum absolute atomic E-state index is 12.9. The van der Waals surface area contributed by atoms with Crippen molar-refractivity contribution in [2.75, 3.05) is 13.1 Å². The Labute approximate surface area is 149 Å². The third-order valence-electron chi connectivity index (χ3n) is 4.17. The molecule has 1 heterocycles. The van der Waals surface area contributed by atoms with Gasteiger partial charge >= 0.3 is 0 Å². The van der Waals surface area contributed by atoms with Crippen molar-refractivity contribution < 1.29 is 14.0 Å². The number of nitrogens with zero attached hydrogens (tertiary/aromatic N) is 1. The van der Waals surface area contributed by atoms with Gasteiger partial charge in [-0.2, -0.15) is 0 Å². The fourth-order valence-electron chi connectivity index (χ4n) is 2.66. The molecule has 2 amide bonds. The predicted molar refractivity (Wildman–Crippen MR) is 97.2 cm³/mol. The Morgan fingerprint density at radius 3 is 2.40 bits per heavy atom. The lowest BCUT2D eigenvalue weighted by molar-refractivity contribution is -0.134. The summed E-state index contributed by atoms with van der Waals surface area (Å²) in [5, 5.41) is 2.81. The first-order valence-electron chi connectivity index (χ1n) is 8.70. The number of benzene rings is 1. The van der Waals surface area contributed by atoms with Crippen molar-refractivity contribution in [3.63, 3.8) is 0 Å². The molecule has 1 aromatic heterocycles. The zero-order chi connectivity index (χ0) is 18.2. The molecule has 25 heavy (non-hydrogen) atoms. The molecule has 1 N–H and O–H groups in total. The molecule has 0 spiro atoms. The van der Waals surface area contributed by atoms with E-state index in [4.69, 9.17) is 4.42 Å². The van der Waals surface area contributed by atoms with E-state index in [0.29, 0.717) is 13.1 Å². The van der Waals surface area contributed by atoms with E-state index in [0.717, 1.165) is 6.42 Å². The van der Waals surface area contributed by atoms with Crippen molar-refractivity contribution in [1.82, 2.24) is 10.2 Å². The lowest BCUT2D eigenvalue weighted by Crippen LogP contribution is -2.51. The first-order chi connectivity index (χ1) is 12.0. The van der Waals surface area contributed by atoms with Crippen LogP contribution in [0.2, 0.25) is 0 Å². The zero-order valence-corrected chi connectivity index (χ0v) is 15.1. The van der Waals surface area contributed by atoms with E-state index in [1.807, 2.05) is 39.0 Å². The molecular weight excluding hydrogens is 316 g/mol. The van der Waals surface area contributed by atoms with Crippen LogP contribution in [0.25, 0.3) is 0 Å². The van der Waals surface area contributed by atoms with Gasteiger partial charge in [0.15, 0.2) is 5.76 Å². The second kappa shape index (κ2) is 9.06. The van der Waals surface area contributed by atoms with Gasteiger partial charge in [-0.3, -0.25) is 9.59 Å². The van der Waals surface area contributed by atoms with Gasteiger partial charge in [-0.15, -0.1) is 0 Å². The van der Waals surface area contributed by atoms with Crippen LogP contribution < -0.4 is 5.32 Å². The van der Waals surface area contributed by atoms with E-state index < -0.39 is 6.04 Å². The third kappa shape index (κ3) is 5.21. The third-order valence-corrected chi connectivity index (χ3v) is 4.17. The highest BCUT2D eigenvalue weighted by atomic mass is 16.3. The van der Waals surface area contributed by atoms with Crippen molar-refractivity contribution in [3.8, 4) is 0 Å². The van der Waals surface area contributed by atoms with Crippen LogP contribution in [0.15, 0.2) is 53.1 Å². The summed E-state index contributed by atoms with van der Waals surface area (Å²) in [5.41, 5.74) is 1.19. The van der Waals surface area contributed by atoms with Gasteiger partial charge in [0.25, 0.3) is 5.91 Å². The van der Waals surface area contributed by atoms with Gasteiger partial charge in [0, 0.05) is 13.1 Å². The molecular formula is C20H26N2O3. The molecule has 0 radical (unpaired) electrons. The summed E-state index contributed by atoms with van der Waals surface area (Å²) in [6, 6.07) is 12.7. The van der Waals surface area contributed by atoms with Crippen LogP contribution in [-0.4, -0.2) is 35.8 Å². The standard InChI is InChI=1S/C20H26N2O3/c1-4-22(13-12-16-9-6-5-7-10-16)20(24)18(15(2)3)21-19(23)17-11-8-14-25-17/h5-11,14-15,18H,4,12-13H2,1-3H3,(H,21,23). The fraction of sp³-hybridized carbons (Fsp3) is 0.400. The highest BCUT2D eigenvalue weighted by molar-refractivity contribution is 5.95. The van der Waals surface area contributed by atoms with E-state index >= 15 is 0 Å². The average Bonchev–Trinajstić information content (AvgIpc) is 3.15. The lowest BCUT2D eigenvalue weighted by atomic mass is 10.0. The number of likely N-dealkylation sites (N-methyl/N-ethyl adjacent to an activating group) is 1. The number of hydrogen-bond acceptors (Lipinski definition) is 3. The molecule has 0 fully saturated rings. The fourth-order valence-corrected chi connectivity index (χ4v) is 2.66. The number of amides is 2. The van der Waals surface area contributed by atoms with Gasteiger partial charge in [-0.05, 0) is 37.0 Å². The van der Waals surface area contributed by atoms with E-state index in [-0.39, 0.29) is 23.5 Å². The Hall–Kier alpha value is -2.56. The molecule has 1 aromatic carbocycles. The SMILES string of the molecule is CCN(CCc1ccccc1)C(=O)C(NC(=O)c1ccco1)C(C)C. The van der Waals surface area contributed by atoms with Crippen LogP contribution in [0.1, 0.15) is 36.9 Å². The van der Waals surface area contributed by atoms with Gasteiger partial charge in [-0.1, -0.05) is 44.2 Å². The monoisotopic (exact) mass is 342 g/mol. The average molecular weight is 342 g/mol. The summed E-state index contributed by atoms with van der Waals surface area (Å²) >= 11 is 0. The first kappa shape index (κ1) is 18.8. The normalized spacial score (nSPS) is 12.0. The Morgan fingerprint density at radius 2 is 1.84 bits per heavy atom. The number of nitrogens with one attached hydrogen (secondary N) is 1. The minimum absolute atomic E-state index is 0.0165.